The van der Waals surface area contributed by atoms with Gasteiger partial charge in [-0.05, 0) is 12.8 Å². The maximum Gasteiger partial charge on any atom is 0.323 e. The van der Waals surface area contributed by atoms with Gasteiger partial charge in [-0.15, -0.1) is 0 Å². The van der Waals surface area contributed by atoms with Crippen LogP contribution >= 0.6 is 0 Å². The van der Waals surface area contributed by atoms with Gasteiger partial charge in [0.15, 0.2) is 12.4 Å². The standard InChI is InChI=1S/C8H15NO3/c1-5(2)7(9)8(11)12-6(3)4-10/h4-7H,9H2,1-3H3/t6?,7-/m0/s1. The summed E-state index contributed by atoms with van der Waals surface area (Å²) >= 11 is 0. The molecule has 0 aromatic carbocycles. The number of rotatable bonds is 4. The normalized spacial score (nSPS) is 15.4. The van der Waals surface area contributed by atoms with Gasteiger partial charge in [0.05, 0.1) is 0 Å². The Morgan fingerprint density at radius 3 is 2.25 bits per heavy atom. The molecule has 4 heteroatoms. The first-order valence-electron chi connectivity index (χ1n) is 3.90. The lowest BCUT2D eigenvalue weighted by atomic mass is 10.1. The quantitative estimate of drug-likeness (QED) is 0.483. The summed E-state index contributed by atoms with van der Waals surface area (Å²) in [4.78, 5) is 21.2. The van der Waals surface area contributed by atoms with E-state index in [4.69, 9.17) is 10.5 Å². The van der Waals surface area contributed by atoms with Crippen LogP contribution in [0.1, 0.15) is 20.8 Å². The van der Waals surface area contributed by atoms with Gasteiger partial charge in [-0.25, -0.2) is 0 Å². The van der Waals surface area contributed by atoms with E-state index >= 15 is 0 Å². The fraction of sp³-hybridized carbons (Fsp3) is 0.750. The molecule has 0 rings (SSSR count). The first-order chi connectivity index (χ1) is 5.49. The predicted molar refractivity (Wildman–Crippen MR) is 44.4 cm³/mol. The average Bonchev–Trinajstić information content (AvgIpc) is 2.02. The Labute approximate surface area is 72.1 Å². The van der Waals surface area contributed by atoms with Gasteiger partial charge >= 0.3 is 5.97 Å². The molecule has 70 valence electrons. The predicted octanol–water partition coefficient (Wildman–Crippen LogP) is 0.100. The number of hydrogen-bond donors (Lipinski definition) is 1. The molecule has 0 saturated carbocycles. The number of esters is 1. The molecule has 2 N–H and O–H groups in total. The zero-order chi connectivity index (χ0) is 9.72. The lowest BCUT2D eigenvalue weighted by Crippen LogP contribution is -2.38. The van der Waals surface area contributed by atoms with Crippen molar-refractivity contribution in [2.24, 2.45) is 11.7 Å². The minimum absolute atomic E-state index is 0.0244. The van der Waals surface area contributed by atoms with Crippen molar-refractivity contribution in [3.63, 3.8) is 0 Å². The number of hydrogen-bond acceptors (Lipinski definition) is 4. The van der Waals surface area contributed by atoms with Crippen LogP contribution in [0.5, 0.6) is 0 Å². The van der Waals surface area contributed by atoms with Crippen LogP contribution in [-0.2, 0) is 14.3 Å². The molecule has 0 spiro atoms. The van der Waals surface area contributed by atoms with E-state index in [0.29, 0.717) is 6.29 Å². The summed E-state index contributed by atoms with van der Waals surface area (Å²) in [6, 6.07) is -0.646. The Balaban J connectivity index is 3.95. The van der Waals surface area contributed by atoms with Crippen molar-refractivity contribution in [3.8, 4) is 0 Å². The molecule has 0 bridgehead atoms. The van der Waals surface area contributed by atoms with Gasteiger partial charge in [-0.1, -0.05) is 13.8 Å². The minimum atomic E-state index is -0.706. The minimum Gasteiger partial charge on any atom is -0.454 e. The molecule has 1 unspecified atom stereocenters. The third-order valence-electron chi connectivity index (χ3n) is 1.48. The third kappa shape index (κ3) is 3.48. The fourth-order valence-corrected chi connectivity index (χ4v) is 0.562. The summed E-state index contributed by atoms with van der Waals surface area (Å²) in [6.07, 6.45) is -0.146. The largest absolute Gasteiger partial charge is 0.454 e. The second-order valence-corrected chi connectivity index (χ2v) is 3.05. The molecule has 0 radical (unpaired) electrons. The SMILES string of the molecule is CC(C=O)OC(=O)[C@@H](N)C(C)C. The van der Waals surface area contributed by atoms with E-state index in [1.807, 2.05) is 13.8 Å². The number of ether oxygens (including phenoxy) is 1. The van der Waals surface area contributed by atoms with Gasteiger partial charge in [0.1, 0.15) is 6.04 Å². The van der Waals surface area contributed by atoms with Crippen molar-refractivity contribution in [1.82, 2.24) is 0 Å². The molecule has 12 heavy (non-hydrogen) atoms. The molecule has 0 aliphatic carbocycles. The molecule has 0 amide bonds. The van der Waals surface area contributed by atoms with Crippen molar-refractivity contribution in [1.29, 1.82) is 0 Å². The summed E-state index contributed by atoms with van der Waals surface area (Å²) in [5.41, 5.74) is 5.47. The van der Waals surface area contributed by atoms with Gasteiger partial charge < -0.3 is 10.5 Å². The average molecular weight is 173 g/mol. The molecule has 2 atom stereocenters. The highest BCUT2D eigenvalue weighted by Crippen LogP contribution is 2.01. The Morgan fingerprint density at radius 2 is 1.92 bits per heavy atom. The second-order valence-electron chi connectivity index (χ2n) is 3.05. The molecule has 0 aliphatic heterocycles. The topological polar surface area (TPSA) is 69.4 Å². The number of nitrogens with two attached hydrogens (primary N) is 1. The summed E-state index contributed by atoms with van der Waals surface area (Å²) in [5, 5.41) is 0. The maximum absolute atomic E-state index is 11.0. The lowest BCUT2D eigenvalue weighted by molar-refractivity contribution is -0.153. The highest BCUT2D eigenvalue weighted by Gasteiger charge is 2.20. The first-order valence-corrected chi connectivity index (χ1v) is 3.90. The number of aldehydes is 1. The highest BCUT2D eigenvalue weighted by atomic mass is 16.5. The molecule has 0 aliphatic rings. The molecular formula is C8H15NO3. The van der Waals surface area contributed by atoms with Crippen LogP contribution in [-0.4, -0.2) is 24.4 Å². The zero-order valence-electron chi connectivity index (χ0n) is 7.61. The van der Waals surface area contributed by atoms with Crippen LogP contribution in [0.2, 0.25) is 0 Å². The maximum atomic E-state index is 11.0. The molecule has 0 aromatic rings. The number of carbonyl (C=O) groups is 2. The Kier molecular flexibility index (Phi) is 4.51. The third-order valence-corrected chi connectivity index (χ3v) is 1.48. The fourth-order valence-electron chi connectivity index (χ4n) is 0.562. The number of carbonyl (C=O) groups excluding carboxylic acids is 2. The summed E-state index contributed by atoms with van der Waals surface area (Å²) in [7, 11) is 0. The van der Waals surface area contributed by atoms with Crippen LogP contribution < -0.4 is 5.73 Å². The van der Waals surface area contributed by atoms with Crippen molar-refractivity contribution in [3.05, 3.63) is 0 Å². The molecule has 0 fully saturated rings. The Bertz CT molecular complexity index is 168. The van der Waals surface area contributed by atoms with Crippen LogP contribution in [0.3, 0.4) is 0 Å². The van der Waals surface area contributed by atoms with Crippen molar-refractivity contribution >= 4 is 12.3 Å². The molecule has 4 nitrogen and oxygen atoms in total. The molecule has 0 aromatic heterocycles. The van der Waals surface area contributed by atoms with Crippen molar-refractivity contribution < 1.29 is 14.3 Å². The highest BCUT2D eigenvalue weighted by molar-refractivity contribution is 5.77. The smallest absolute Gasteiger partial charge is 0.323 e. The Morgan fingerprint density at radius 1 is 1.42 bits per heavy atom. The zero-order valence-corrected chi connectivity index (χ0v) is 7.61. The molecule has 0 heterocycles. The monoisotopic (exact) mass is 173 g/mol. The van der Waals surface area contributed by atoms with E-state index in [9.17, 15) is 9.59 Å². The van der Waals surface area contributed by atoms with Gasteiger partial charge in [0.2, 0.25) is 0 Å². The van der Waals surface area contributed by atoms with Crippen LogP contribution in [0.15, 0.2) is 0 Å². The van der Waals surface area contributed by atoms with Crippen molar-refractivity contribution in [2.45, 2.75) is 32.9 Å². The molecule has 0 saturated heterocycles. The van der Waals surface area contributed by atoms with E-state index < -0.39 is 18.1 Å². The van der Waals surface area contributed by atoms with E-state index in [0.717, 1.165) is 0 Å². The van der Waals surface area contributed by atoms with Crippen molar-refractivity contribution in [2.75, 3.05) is 0 Å². The summed E-state index contributed by atoms with van der Waals surface area (Å²) < 4.78 is 4.69. The van der Waals surface area contributed by atoms with Gasteiger partial charge in [-0.3, -0.25) is 9.59 Å². The summed E-state index contributed by atoms with van der Waals surface area (Å²) in [5.74, 6) is -0.499. The van der Waals surface area contributed by atoms with Crippen LogP contribution in [0, 0.1) is 5.92 Å². The summed E-state index contributed by atoms with van der Waals surface area (Å²) in [6.45, 7) is 5.13. The van der Waals surface area contributed by atoms with Gasteiger partial charge in [0, 0.05) is 0 Å². The van der Waals surface area contributed by atoms with Gasteiger partial charge in [0.25, 0.3) is 0 Å². The first kappa shape index (κ1) is 11.1. The molecular weight excluding hydrogens is 158 g/mol. The second kappa shape index (κ2) is 4.87. The van der Waals surface area contributed by atoms with Gasteiger partial charge in [-0.2, -0.15) is 0 Å². The van der Waals surface area contributed by atoms with Crippen LogP contribution in [0.25, 0.3) is 0 Å². The van der Waals surface area contributed by atoms with Crippen LogP contribution in [0.4, 0.5) is 0 Å². The van der Waals surface area contributed by atoms with E-state index in [1.54, 1.807) is 0 Å². The van der Waals surface area contributed by atoms with E-state index in [-0.39, 0.29) is 5.92 Å². The lowest BCUT2D eigenvalue weighted by Gasteiger charge is -2.15. The Hall–Kier alpha value is -0.900. The van der Waals surface area contributed by atoms with E-state index in [1.165, 1.54) is 6.92 Å². The van der Waals surface area contributed by atoms with E-state index in [2.05, 4.69) is 0 Å².